The Bertz CT molecular complexity index is 744. The Kier molecular flexibility index (Phi) is 5.37. The molecule has 0 unspecified atom stereocenters. The van der Waals surface area contributed by atoms with Crippen molar-refractivity contribution >= 4 is 16.9 Å². The van der Waals surface area contributed by atoms with Gasteiger partial charge in [-0.05, 0) is 52.6 Å². The van der Waals surface area contributed by atoms with Gasteiger partial charge in [0, 0.05) is 30.6 Å². The van der Waals surface area contributed by atoms with Gasteiger partial charge < -0.3 is 10.2 Å². The number of nitrogens with one attached hydrogen (secondary N) is 1. The summed E-state index contributed by atoms with van der Waals surface area (Å²) < 4.78 is 1.90. The highest BCUT2D eigenvalue weighted by atomic mass is 16.1. The van der Waals surface area contributed by atoms with Gasteiger partial charge in [-0.3, -0.25) is 4.79 Å². The van der Waals surface area contributed by atoms with Crippen LogP contribution in [0.25, 0.3) is 11.0 Å². The Morgan fingerprint density at radius 2 is 2.08 bits per heavy atom. The highest BCUT2D eigenvalue weighted by Crippen LogP contribution is 2.20. The monoisotopic (exact) mass is 343 g/mol. The van der Waals surface area contributed by atoms with Crippen LogP contribution in [0.5, 0.6) is 0 Å². The van der Waals surface area contributed by atoms with Gasteiger partial charge in [-0.25, -0.2) is 9.67 Å². The SMILES string of the molecule is CCCN1CCC(NC(=O)c2cc3cnn(C(C)C)c3nc2C)CC1. The van der Waals surface area contributed by atoms with E-state index in [4.69, 9.17) is 0 Å². The Labute approximate surface area is 149 Å². The first-order valence-corrected chi connectivity index (χ1v) is 9.37. The number of piperidine rings is 1. The zero-order valence-corrected chi connectivity index (χ0v) is 15.7. The number of likely N-dealkylation sites (tertiary alicyclic amines) is 1. The first-order chi connectivity index (χ1) is 12.0. The van der Waals surface area contributed by atoms with Crippen molar-refractivity contribution in [2.75, 3.05) is 19.6 Å². The van der Waals surface area contributed by atoms with Crippen LogP contribution in [0.4, 0.5) is 0 Å². The molecule has 0 aliphatic carbocycles. The average Bonchev–Trinajstić information content (AvgIpc) is 2.99. The number of aromatic nitrogens is 3. The third-order valence-corrected chi connectivity index (χ3v) is 4.96. The fourth-order valence-corrected chi connectivity index (χ4v) is 3.55. The molecule has 1 saturated heterocycles. The summed E-state index contributed by atoms with van der Waals surface area (Å²) in [5, 5.41) is 8.51. The number of carbonyl (C=O) groups excluding carboxylic acids is 1. The lowest BCUT2D eigenvalue weighted by Gasteiger charge is -2.32. The summed E-state index contributed by atoms with van der Waals surface area (Å²) in [6, 6.07) is 2.43. The number of aryl methyl sites for hydroxylation is 1. The van der Waals surface area contributed by atoms with Gasteiger partial charge in [0.2, 0.25) is 0 Å². The van der Waals surface area contributed by atoms with Gasteiger partial charge in [-0.2, -0.15) is 5.10 Å². The number of hydrogen-bond acceptors (Lipinski definition) is 4. The van der Waals surface area contributed by atoms with E-state index in [0.717, 1.165) is 49.2 Å². The van der Waals surface area contributed by atoms with Crippen LogP contribution in [0.1, 0.15) is 62.1 Å². The molecule has 6 nitrogen and oxygen atoms in total. The summed E-state index contributed by atoms with van der Waals surface area (Å²) in [5.74, 6) is -0.0156. The molecule has 3 rings (SSSR count). The van der Waals surface area contributed by atoms with Crippen molar-refractivity contribution in [1.82, 2.24) is 25.0 Å². The van der Waals surface area contributed by atoms with Gasteiger partial charge in [-0.1, -0.05) is 6.92 Å². The molecule has 0 atom stereocenters. The van der Waals surface area contributed by atoms with Crippen LogP contribution in [0, 0.1) is 6.92 Å². The second-order valence-electron chi connectivity index (χ2n) is 7.31. The lowest BCUT2D eigenvalue weighted by atomic mass is 10.0. The van der Waals surface area contributed by atoms with E-state index in [9.17, 15) is 4.79 Å². The van der Waals surface area contributed by atoms with E-state index in [1.807, 2.05) is 17.7 Å². The molecule has 0 saturated carbocycles. The molecule has 25 heavy (non-hydrogen) atoms. The first-order valence-electron chi connectivity index (χ1n) is 9.37. The summed E-state index contributed by atoms with van der Waals surface area (Å²) >= 11 is 0. The summed E-state index contributed by atoms with van der Waals surface area (Å²) in [5.41, 5.74) is 2.26. The number of pyridine rings is 1. The minimum Gasteiger partial charge on any atom is -0.349 e. The van der Waals surface area contributed by atoms with Gasteiger partial charge in [0.05, 0.1) is 17.5 Å². The molecule has 0 radical (unpaired) electrons. The summed E-state index contributed by atoms with van der Waals surface area (Å²) in [6.07, 6.45) is 5.02. The highest BCUT2D eigenvalue weighted by Gasteiger charge is 2.22. The molecule has 0 spiro atoms. The fourth-order valence-electron chi connectivity index (χ4n) is 3.55. The van der Waals surface area contributed by atoms with Gasteiger partial charge >= 0.3 is 0 Å². The van der Waals surface area contributed by atoms with E-state index in [1.54, 1.807) is 6.20 Å². The minimum absolute atomic E-state index is 0.0156. The second-order valence-corrected chi connectivity index (χ2v) is 7.31. The molecule has 3 heterocycles. The van der Waals surface area contributed by atoms with Crippen molar-refractivity contribution in [3.8, 4) is 0 Å². The molecule has 1 aliphatic heterocycles. The minimum atomic E-state index is -0.0156. The van der Waals surface area contributed by atoms with E-state index in [-0.39, 0.29) is 18.0 Å². The maximum absolute atomic E-state index is 12.7. The van der Waals surface area contributed by atoms with Crippen molar-refractivity contribution in [2.24, 2.45) is 0 Å². The van der Waals surface area contributed by atoms with Crippen molar-refractivity contribution in [1.29, 1.82) is 0 Å². The molecular formula is C19H29N5O. The van der Waals surface area contributed by atoms with Crippen LogP contribution < -0.4 is 5.32 Å². The van der Waals surface area contributed by atoms with E-state index in [1.165, 1.54) is 6.42 Å². The quantitative estimate of drug-likeness (QED) is 0.907. The predicted molar refractivity (Wildman–Crippen MR) is 99.9 cm³/mol. The largest absolute Gasteiger partial charge is 0.349 e. The summed E-state index contributed by atoms with van der Waals surface area (Å²) in [7, 11) is 0. The molecular weight excluding hydrogens is 314 g/mol. The normalized spacial score (nSPS) is 16.7. The Morgan fingerprint density at radius 3 is 2.72 bits per heavy atom. The third kappa shape index (κ3) is 3.84. The van der Waals surface area contributed by atoms with Crippen LogP contribution in [0.3, 0.4) is 0 Å². The highest BCUT2D eigenvalue weighted by molar-refractivity contribution is 5.98. The van der Waals surface area contributed by atoms with Crippen LogP contribution >= 0.6 is 0 Å². The molecule has 1 N–H and O–H groups in total. The first kappa shape index (κ1) is 17.9. The van der Waals surface area contributed by atoms with Gasteiger partial charge in [0.25, 0.3) is 5.91 Å². The van der Waals surface area contributed by atoms with Crippen molar-refractivity contribution in [3.05, 3.63) is 23.5 Å². The molecule has 1 aliphatic rings. The van der Waals surface area contributed by atoms with Crippen LogP contribution in [0.15, 0.2) is 12.3 Å². The Hall–Kier alpha value is -1.95. The molecule has 2 aromatic rings. The third-order valence-electron chi connectivity index (χ3n) is 4.96. The number of nitrogens with zero attached hydrogens (tertiary/aromatic N) is 4. The molecule has 0 aromatic carbocycles. The van der Waals surface area contributed by atoms with E-state index < -0.39 is 0 Å². The lowest BCUT2D eigenvalue weighted by Crippen LogP contribution is -2.44. The number of carbonyl (C=O) groups is 1. The summed E-state index contributed by atoms with van der Waals surface area (Å²) in [6.45, 7) is 11.5. The second kappa shape index (κ2) is 7.52. The number of fused-ring (bicyclic) bond motifs is 1. The average molecular weight is 343 g/mol. The number of rotatable bonds is 5. The van der Waals surface area contributed by atoms with Crippen LogP contribution in [-0.2, 0) is 0 Å². The van der Waals surface area contributed by atoms with E-state index >= 15 is 0 Å². The molecule has 1 fully saturated rings. The van der Waals surface area contributed by atoms with Crippen molar-refractivity contribution in [2.45, 2.75) is 59.0 Å². The van der Waals surface area contributed by atoms with Gasteiger partial charge in [0.15, 0.2) is 5.65 Å². The topological polar surface area (TPSA) is 63.1 Å². The molecule has 1 amide bonds. The maximum Gasteiger partial charge on any atom is 0.253 e. The van der Waals surface area contributed by atoms with Gasteiger partial charge in [0.1, 0.15) is 0 Å². The molecule has 136 valence electrons. The van der Waals surface area contributed by atoms with E-state index in [2.05, 4.69) is 41.1 Å². The standard InChI is InChI=1S/C19H29N5O/c1-5-8-23-9-6-16(7-10-23)22-19(25)17-11-15-12-20-24(13(2)3)18(15)21-14(17)4/h11-13,16H,5-10H2,1-4H3,(H,22,25). The molecule has 6 heteroatoms. The Morgan fingerprint density at radius 1 is 1.36 bits per heavy atom. The van der Waals surface area contributed by atoms with Crippen molar-refractivity contribution in [3.63, 3.8) is 0 Å². The van der Waals surface area contributed by atoms with Crippen molar-refractivity contribution < 1.29 is 4.79 Å². The summed E-state index contributed by atoms with van der Waals surface area (Å²) in [4.78, 5) is 19.8. The van der Waals surface area contributed by atoms with Crippen LogP contribution in [0.2, 0.25) is 0 Å². The van der Waals surface area contributed by atoms with Gasteiger partial charge in [-0.15, -0.1) is 0 Å². The molecule has 0 bridgehead atoms. The molecule has 2 aromatic heterocycles. The maximum atomic E-state index is 12.7. The fraction of sp³-hybridized carbons (Fsp3) is 0.632. The smallest absolute Gasteiger partial charge is 0.253 e. The zero-order chi connectivity index (χ0) is 18.0. The van der Waals surface area contributed by atoms with Crippen LogP contribution in [-0.4, -0.2) is 51.2 Å². The zero-order valence-electron chi connectivity index (χ0n) is 15.7. The predicted octanol–water partition coefficient (Wildman–Crippen LogP) is 2.92. The Balaban J connectivity index is 1.71. The lowest BCUT2D eigenvalue weighted by molar-refractivity contribution is 0.0910. The van der Waals surface area contributed by atoms with E-state index in [0.29, 0.717) is 5.56 Å². The number of hydrogen-bond donors (Lipinski definition) is 1. The number of amides is 1.